The quantitative estimate of drug-likeness (QED) is 0.621. The minimum atomic E-state index is -0.0986. The van der Waals surface area contributed by atoms with Gasteiger partial charge in [0.15, 0.2) is 0 Å². The van der Waals surface area contributed by atoms with Gasteiger partial charge in [0.1, 0.15) is 17.3 Å². The fourth-order valence-electron chi connectivity index (χ4n) is 3.13. The molecule has 0 unspecified atom stereocenters. The van der Waals surface area contributed by atoms with E-state index < -0.39 is 0 Å². The molecule has 4 rings (SSSR count). The topological polar surface area (TPSA) is 41.9 Å². The summed E-state index contributed by atoms with van der Waals surface area (Å²) < 4.78 is 5.20. The van der Waals surface area contributed by atoms with Gasteiger partial charge in [0.05, 0.1) is 13.7 Å². The van der Waals surface area contributed by atoms with Crippen molar-refractivity contribution in [2.75, 3.05) is 7.11 Å². The number of aliphatic imine (C=N–C) groups is 1. The maximum absolute atomic E-state index is 13.1. The fraction of sp³-hybridized carbons (Fsp3) is 0.0833. The lowest BCUT2D eigenvalue weighted by Gasteiger charge is -2.18. The lowest BCUT2D eigenvalue weighted by Crippen LogP contribution is -2.32. The first-order chi connectivity index (χ1) is 13.7. The van der Waals surface area contributed by atoms with Gasteiger partial charge in [-0.1, -0.05) is 72.8 Å². The summed E-state index contributed by atoms with van der Waals surface area (Å²) in [6, 6.07) is 27.3. The first-order valence-electron chi connectivity index (χ1n) is 9.10. The van der Waals surface area contributed by atoms with Gasteiger partial charge >= 0.3 is 0 Å². The van der Waals surface area contributed by atoms with Crippen LogP contribution in [-0.2, 0) is 11.3 Å². The second-order valence-electron chi connectivity index (χ2n) is 6.48. The van der Waals surface area contributed by atoms with Crippen molar-refractivity contribution in [3.8, 4) is 5.75 Å². The number of carbonyl (C=O) groups excluding carboxylic acids is 1. The standard InChI is InChI=1S/C24H20N2O2/c1-28-21-14-12-18(13-15-21)16-22-24(27)26(17-19-8-4-2-5-9-19)23(25-22)20-10-6-3-7-11-20/h2-16H,17H2,1H3. The Morgan fingerprint density at radius 1 is 0.893 bits per heavy atom. The molecule has 0 fully saturated rings. The number of hydrogen-bond donors (Lipinski definition) is 0. The summed E-state index contributed by atoms with van der Waals surface area (Å²) in [5.74, 6) is 1.35. The molecule has 138 valence electrons. The van der Waals surface area contributed by atoms with Gasteiger partial charge in [-0.3, -0.25) is 9.69 Å². The molecular formula is C24H20N2O2. The predicted octanol–water partition coefficient (Wildman–Crippen LogP) is 4.53. The van der Waals surface area contributed by atoms with E-state index in [-0.39, 0.29) is 5.91 Å². The van der Waals surface area contributed by atoms with Crippen molar-refractivity contribution in [2.45, 2.75) is 6.54 Å². The van der Waals surface area contributed by atoms with Gasteiger partial charge in [0, 0.05) is 5.56 Å². The number of ether oxygens (including phenoxy) is 1. The number of amides is 1. The number of amidine groups is 1. The molecule has 0 spiro atoms. The van der Waals surface area contributed by atoms with Crippen LogP contribution in [0, 0.1) is 0 Å². The summed E-state index contributed by atoms with van der Waals surface area (Å²) in [5, 5.41) is 0. The van der Waals surface area contributed by atoms with Crippen molar-refractivity contribution in [3.63, 3.8) is 0 Å². The number of benzene rings is 3. The minimum absolute atomic E-state index is 0.0986. The molecule has 4 heteroatoms. The zero-order valence-corrected chi connectivity index (χ0v) is 15.6. The molecule has 0 N–H and O–H groups in total. The highest BCUT2D eigenvalue weighted by molar-refractivity contribution is 6.19. The molecule has 28 heavy (non-hydrogen) atoms. The van der Waals surface area contributed by atoms with E-state index in [4.69, 9.17) is 4.74 Å². The number of methoxy groups -OCH3 is 1. The monoisotopic (exact) mass is 368 g/mol. The minimum Gasteiger partial charge on any atom is -0.497 e. The first-order valence-corrected chi connectivity index (χ1v) is 9.10. The van der Waals surface area contributed by atoms with Crippen LogP contribution in [0.1, 0.15) is 16.7 Å². The molecule has 1 amide bonds. The van der Waals surface area contributed by atoms with Crippen molar-refractivity contribution < 1.29 is 9.53 Å². The molecule has 3 aromatic carbocycles. The van der Waals surface area contributed by atoms with E-state index >= 15 is 0 Å². The summed E-state index contributed by atoms with van der Waals surface area (Å²) in [4.78, 5) is 19.6. The number of hydrogen-bond acceptors (Lipinski definition) is 3. The second kappa shape index (κ2) is 7.92. The third-order valence-electron chi connectivity index (χ3n) is 4.58. The average Bonchev–Trinajstić information content (AvgIpc) is 3.05. The smallest absolute Gasteiger partial charge is 0.278 e. The van der Waals surface area contributed by atoms with Crippen LogP contribution in [-0.4, -0.2) is 23.8 Å². The molecular weight excluding hydrogens is 348 g/mol. The van der Waals surface area contributed by atoms with E-state index in [1.54, 1.807) is 12.0 Å². The molecule has 0 saturated carbocycles. The van der Waals surface area contributed by atoms with E-state index in [2.05, 4.69) is 4.99 Å². The van der Waals surface area contributed by atoms with Crippen LogP contribution >= 0.6 is 0 Å². The summed E-state index contributed by atoms with van der Waals surface area (Å²) in [6.07, 6.45) is 1.82. The number of nitrogens with zero attached hydrogens (tertiary/aromatic N) is 2. The third kappa shape index (κ3) is 3.71. The van der Waals surface area contributed by atoms with Gasteiger partial charge in [-0.05, 0) is 29.3 Å². The van der Waals surface area contributed by atoms with E-state index in [0.717, 1.165) is 22.4 Å². The van der Waals surface area contributed by atoms with Gasteiger partial charge in [0.25, 0.3) is 5.91 Å². The van der Waals surface area contributed by atoms with E-state index in [0.29, 0.717) is 18.1 Å². The Kier molecular flexibility index (Phi) is 5.02. The molecule has 0 bridgehead atoms. The lowest BCUT2D eigenvalue weighted by atomic mass is 10.1. The van der Waals surface area contributed by atoms with E-state index in [9.17, 15) is 4.79 Å². The Bertz CT molecular complexity index is 1020. The second-order valence-corrected chi connectivity index (χ2v) is 6.48. The Balaban J connectivity index is 1.70. The maximum atomic E-state index is 13.1. The summed E-state index contributed by atoms with van der Waals surface area (Å²) in [5.41, 5.74) is 3.32. The van der Waals surface area contributed by atoms with Crippen LogP contribution in [0.15, 0.2) is 95.6 Å². The van der Waals surface area contributed by atoms with Crippen LogP contribution in [0.3, 0.4) is 0 Å². The van der Waals surface area contributed by atoms with E-state index in [1.807, 2.05) is 91.0 Å². The molecule has 4 nitrogen and oxygen atoms in total. The molecule has 0 aromatic heterocycles. The van der Waals surface area contributed by atoms with Crippen molar-refractivity contribution in [3.05, 3.63) is 107 Å². The molecule has 3 aromatic rings. The van der Waals surface area contributed by atoms with Gasteiger partial charge in [-0.15, -0.1) is 0 Å². The first kappa shape index (κ1) is 17.7. The molecule has 1 aliphatic heterocycles. The van der Waals surface area contributed by atoms with Crippen molar-refractivity contribution in [1.82, 2.24) is 4.90 Å². The summed E-state index contributed by atoms with van der Waals surface area (Å²) >= 11 is 0. The van der Waals surface area contributed by atoms with Gasteiger partial charge < -0.3 is 4.74 Å². The van der Waals surface area contributed by atoms with Gasteiger partial charge in [0.2, 0.25) is 0 Å². The SMILES string of the molecule is COc1ccc(C=C2N=C(c3ccccc3)N(Cc3ccccc3)C2=O)cc1. The maximum Gasteiger partial charge on any atom is 0.278 e. The van der Waals surface area contributed by atoms with Crippen molar-refractivity contribution in [2.24, 2.45) is 4.99 Å². The van der Waals surface area contributed by atoms with Gasteiger partial charge in [-0.2, -0.15) is 0 Å². The number of carbonyl (C=O) groups is 1. The Morgan fingerprint density at radius 3 is 2.18 bits per heavy atom. The Labute approximate surface area is 164 Å². The molecule has 0 aliphatic carbocycles. The Morgan fingerprint density at radius 2 is 1.54 bits per heavy atom. The zero-order valence-electron chi connectivity index (χ0n) is 15.6. The average molecular weight is 368 g/mol. The number of rotatable bonds is 5. The van der Waals surface area contributed by atoms with Crippen LogP contribution in [0.25, 0.3) is 6.08 Å². The van der Waals surface area contributed by atoms with Crippen LogP contribution in [0.2, 0.25) is 0 Å². The van der Waals surface area contributed by atoms with Crippen molar-refractivity contribution in [1.29, 1.82) is 0 Å². The van der Waals surface area contributed by atoms with Crippen LogP contribution in [0.4, 0.5) is 0 Å². The molecule has 0 saturated heterocycles. The van der Waals surface area contributed by atoms with Crippen molar-refractivity contribution >= 4 is 17.8 Å². The highest BCUT2D eigenvalue weighted by Gasteiger charge is 2.31. The molecule has 1 heterocycles. The lowest BCUT2D eigenvalue weighted by molar-refractivity contribution is -0.123. The largest absolute Gasteiger partial charge is 0.497 e. The highest BCUT2D eigenvalue weighted by Crippen LogP contribution is 2.24. The zero-order chi connectivity index (χ0) is 19.3. The normalized spacial score (nSPS) is 15.0. The van der Waals surface area contributed by atoms with Crippen LogP contribution < -0.4 is 4.74 Å². The highest BCUT2D eigenvalue weighted by atomic mass is 16.5. The molecule has 1 aliphatic rings. The molecule has 0 atom stereocenters. The third-order valence-corrected chi connectivity index (χ3v) is 4.58. The summed E-state index contributed by atoms with van der Waals surface area (Å²) in [6.45, 7) is 0.480. The predicted molar refractivity (Wildman–Crippen MR) is 111 cm³/mol. The Hall–Kier alpha value is -3.66. The van der Waals surface area contributed by atoms with Gasteiger partial charge in [-0.25, -0.2) is 4.99 Å². The summed E-state index contributed by atoms with van der Waals surface area (Å²) in [7, 11) is 1.63. The molecule has 0 radical (unpaired) electrons. The van der Waals surface area contributed by atoms with Crippen LogP contribution in [0.5, 0.6) is 5.75 Å². The van der Waals surface area contributed by atoms with E-state index in [1.165, 1.54) is 0 Å². The fourth-order valence-corrected chi connectivity index (χ4v) is 3.13.